The van der Waals surface area contributed by atoms with Crippen molar-refractivity contribution in [2.24, 2.45) is 0 Å². The molecule has 1 fully saturated rings. The number of alkyl halides is 1. The van der Waals surface area contributed by atoms with Gasteiger partial charge in [-0.1, -0.05) is 18.2 Å². The van der Waals surface area contributed by atoms with E-state index in [4.69, 9.17) is 11.6 Å². The molecule has 1 amide bonds. The number of halogens is 1. The van der Waals surface area contributed by atoms with Crippen molar-refractivity contribution in [2.75, 3.05) is 50.5 Å². The van der Waals surface area contributed by atoms with Crippen LogP contribution in [0, 0.1) is 13.8 Å². The fraction of sp³-hybridized carbons (Fsp3) is 0.588. The number of aliphatic hydroxyl groups excluding tert-OH is 1. The van der Waals surface area contributed by atoms with Gasteiger partial charge in [-0.3, -0.25) is 14.6 Å². The Balaban J connectivity index is 1.79. The number of nitrogens with one attached hydrogen (secondary N) is 1. The average molecular weight is 340 g/mol. The van der Waals surface area contributed by atoms with Crippen LogP contribution in [-0.2, 0) is 4.79 Å². The standard InChI is InChI=1S/C17H26ClN3O2/c1-13-4-3-5-14(2)17(13)19-16(23)12-21-8-6-20(7-9-21)11-15(22)10-18/h3-5,15,22H,6-12H2,1-2H3,(H,19,23). The molecule has 0 aliphatic carbocycles. The molecule has 23 heavy (non-hydrogen) atoms. The van der Waals surface area contributed by atoms with Gasteiger partial charge in [0.1, 0.15) is 0 Å². The molecule has 1 aromatic carbocycles. The first-order chi connectivity index (χ1) is 11.0. The monoisotopic (exact) mass is 339 g/mol. The third kappa shape index (κ3) is 5.46. The minimum absolute atomic E-state index is 0.0247. The van der Waals surface area contributed by atoms with Crippen LogP contribution >= 0.6 is 11.6 Å². The number of anilines is 1. The molecule has 128 valence electrons. The Kier molecular flexibility index (Phi) is 6.84. The van der Waals surface area contributed by atoms with Gasteiger partial charge in [-0.25, -0.2) is 0 Å². The van der Waals surface area contributed by atoms with E-state index in [2.05, 4.69) is 15.1 Å². The summed E-state index contributed by atoms with van der Waals surface area (Å²) in [6.45, 7) is 8.37. The van der Waals surface area contributed by atoms with Gasteiger partial charge in [0, 0.05) is 44.3 Å². The lowest BCUT2D eigenvalue weighted by atomic mass is 10.1. The highest BCUT2D eigenvalue weighted by Crippen LogP contribution is 2.19. The Labute approximate surface area is 143 Å². The molecule has 1 aromatic rings. The second-order valence-electron chi connectivity index (χ2n) is 6.20. The Bertz CT molecular complexity index is 510. The Morgan fingerprint density at radius 2 is 1.78 bits per heavy atom. The van der Waals surface area contributed by atoms with Crippen molar-refractivity contribution >= 4 is 23.2 Å². The van der Waals surface area contributed by atoms with Crippen LogP contribution in [0.25, 0.3) is 0 Å². The summed E-state index contributed by atoms with van der Waals surface area (Å²) in [4.78, 5) is 16.6. The molecule has 6 heteroatoms. The largest absolute Gasteiger partial charge is 0.391 e. The molecule has 0 aromatic heterocycles. The molecule has 2 N–H and O–H groups in total. The van der Waals surface area contributed by atoms with Gasteiger partial charge in [0.2, 0.25) is 5.91 Å². The van der Waals surface area contributed by atoms with Crippen LogP contribution in [0.3, 0.4) is 0 Å². The molecule has 1 atom stereocenters. The Morgan fingerprint density at radius 1 is 1.22 bits per heavy atom. The number of amides is 1. The van der Waals surface area contributed by atoms with Crippen molar-refractivity contribution < 1.29 is 9.90 Å². The summed E-state index contributed by atoms with van der Waals surface area (Å²) in [6, 6.07) is 6.00. The summed E-state index contributed by atoms with van der Waals surface area (Å²) >= 11 is 5.63. The minimum Gasteiger partial charge on any atom is -0.391 e. The lowest BCUT2D eigenvalue weighted by Gasteiger charge is -2.35. The molecule has 1 saturated heterocycles. The molecule has 0 saturated carbocycles. The van der Waals surface area contributed by atoms with E-state index >= 15 is 0 Å². The first-order valence-corrected chi connectivity index (χ1v) is 8.58. The fourth-order valence-electron chi connectivity index (χ4n) is 2.87. The number of rotatable bonds is 6. The smallest absolute Gasteiger partial charge is 0.238 e. The number of β-amino-alcohol motifs (C(OH)–C–C–N with tert-alkyl or cyclic N) is 1. The normalized spacial score (nSPS) is 17.9. The second kappa shape index (κ2) is 8.64. The number of carbonyl (C=O) groups is 1. The molecule has 5 nitrogen and oxygen atoms in total. The fourth-order valence-corrected chi connectivity index (χ4v) is 2.97. The van der Waals surface area contributed by atoms with E-state index in [0.717, 1.165) is 43.0 Å². The summed E-state index contributed by atoms with van der Waals surface area (Å²) in [6.07, 6.45) is -0.476. The number of para-hydroxylation sites is 1. The maximum atomic E-state index is 12.3. The number of nitrogens with zero attached hydrogens (tertiary/aromatic N) is 2. The average Bonchev–Trinajstić information content (AvgIpc) is 2.53. The molecule has 2 rings (SSSR count). The maximum Gasteiger partial charge on any atom is 0.238 e. The molecule has 1 aliphatic heterocycles. The lowest BCUT2D eigenvalue weighted by molar-refractivity contribution is -0.117. The van der Waals surface area contributed by atoms with E-state index in [0.29, 0.717) is 13.1 Å². The van der Waals surface area contributed by atoms with Crippen molar-refractivity contribution in [1.82, 2.24) is 9.80 Å². The predicted molar refractivity (Wildman–Crippen MR) is 94.2 cm³/mol. The summed E-state index contributed by atoms with van der Waals surface area (Å²) in [5.74, 6) is 0.287. The van der Waals surface area contributed by atoms with Crippen LogP contribution in [0.1, 0.15) is 11.1 Å². The van der Waals surface area contributed by atoms with Crippen molar-refractivity contribution in [1.29, 1.82) is 0 Å². The summed E-state index contributed by atoms with van der Waals surface area (Å²) in [7, 11) is 0. The third-order valence-electron chi connectivity index (χ3n) is 4.22. The first-order valence-electron chi connectivity index (χ1n) is 8.04. The van der Waals surface area contributed by atoms with E-state index in [1.54, 1.807) is 0 Å². The molecule has 0 spiro atoms. The Hall–Kier alpha value is -1.14. The van der Waals surface area contributed by atoms with Gasteiger partial charge in [0.25, 0.3) is 0 Å². The van der Waals surface area contributed by atoms with Gasteiger partial charge in [-0.05, 0) is 25.0 Å². The number of piperazine rings is 1. The number of hydrogen-bond acceptors (Lipinski definition) is 4. The molecule has 1 unspecified atom stereocenters. The molecule has 0 bridgehead atoms. The molecular weight excluding hydrogens is 314 g/mol. The van der Waals surface area contributed by atoms with E-state index in [9.17, 15) is 9.90 Å². The van der Waals surface area contributed by atoms with Crippen molar-refractivity contribution in [3.63, 3.8) is 0 Å². The number of aliphatic hydroxyl groups is 1. The van der Waals surface area contributed by atoms with E-state index in [1.165, 1.54) is 0 Å². The quantitative estimate of drug-likeness (QED) is 0.770. The van der Waals surface area contributed by atoms with Crippen LogP contribution in [0.15, 0.2) is 18.2 Å². The second-order valence-corrected chi connectivity index (χ2v) is 6.51. The lowest BCUT2D eigenvalue weighted by Crippen LogP contribution is -2.50. The van der Waals surface area contributed by atoms with Crippen molar-refractivity contribution in [2.45, 2.75) is 20.0 Å². The summed E-state index contributed by atoms with van der Waals surface area (Å²) in [5, 5.41) is 12.6. The predicted octanol–water partition coefficient (Wildman–Crippen LogP) is 1.46. The van der Waals surface area contributed by atoms with E-state index in [-0.39, 0.29) is 11.8 Å². The summed E-state index contributed by atoms with van der Waals surface area (Å²) < 4.78 is 0. The van der Waals surface area contributed by atoms with Gasteiger partial charge in [0.05, 0.1) is 12.6 Å². The van der Waals surface area contributed by atoms with Crippen LogP contribution in [0.4, 0.5) is 5.69 Å². The van der Waals surface area contributed by atoms with Crippen LogP contribution < -0.4 is 5.32 Å². The third-order valence-corrected chi connectivity index (χ3v) is 4.58. The van der Waals surface area contributed by atoms with E-state index < -0.39 is 6.10 Å². The van der Waals surface area contributed by atoms with E-state index in [1.807, 2.05) is 32.0 Å². The highest BCUT2D eigenvalue weighted by atomic mass is 35.5. The summed E-state index contributed by atoms with van der Waals surface area (Å²) in [5.41, 5.74) is 3.08. The number of aryl methyl sites for hydroxylation is 2. The van der Waals surface area contributed by atoms with Crippen LogP contribution in [0.2, 0.25) is 0 Å². The zero-order valence-electron chi connectivity index (χ0n) is 13.9. The number of carbonyl (C=O) groups excluding carboxylic acids is 1. The molecule has 1 heterocycles. The Morgan fingerprint density at radius 3 is 2.35 bits per heavy atom. The van der Waals surface area contributed by atoms with Gasteiger partial charge >= 0.3 is 0 Å². The highest BCUT2D eigenvalue weighted by molar-refractivity contribution is 6.18. The van der Waals surface area contributed by atoms with Crippen molar-refractivity contribution in [3.8, 4) is 0 Å². The zero-order valence-corrected chi connectivity index (χ0v) is 14.6. The van der Waals surface area contributed by atoms with Gasteiger partial charge < -0.3 is 10.4 Å². The number of benzene rings is 1. The molecule has 1 aliphatic rings. The van der Waals surface area contributed by atoms with Crippen LogP contribution in [-0.4, -0.2) is 72.1 Å². The molecule has 0 radical (unpaired) electrons. The molecular formula is C17H26ClN3O2. The van der Waals surface area contributed by atoms with Crippen molar-refractivity contribution in [3.05, 3.63) is 29.3 Å². The highest BCUT2D eigenvalue weighted by Gasteiger charge is 2.20. The maximum absolute atomic E-state index is 12.3. The zero-order chi connectivity index (χ0) is 16.8. The van der Waals surface area contributed by atoms with Gasteiger partial charge in [0.15, 0.2) is 0 Å². The van der Waals surface area contributed by atoms with Gasteiger partial charge in [-0.2, -0.15) is 0 Å². The SMILES string of the molecule is Cc1cccc(C)c1NC(=O)CN1CCN(CC(O)CCl)CC1. The number of hydrogen-bond donors (Lipinski definition) is 2. The topological polar surface area (TPSA) is 55.8 Å². The van der Waals surface area contributed by atoms with Gasteiger partial charge in [-0.15, -0.1) is 11.6 Å². The van der Waals surface area contributed by atoms with Crippen LogP contribution in [0.5, 0.6) is 0 Å². The minimum atomic E-state index is -0.476. The first kappa shape index (κ1) is 18.2.